The Labute approximate surface area is 170 Å². The van der Waals surface area contributed by atoms with Crippen molar-refractivity contribution < 1.29 is 19.2 Å². The average molecular weight is 400 g/mol. The van der Waals surface area contributed by atoms with Crippen LogP contribution in [0.15, 0.2) is 18.2 Å². The lowest BCUT2D eigenvalue weighted by Gasteiger charge is -2.28. The predicted octanol–water partition coefficient (Wildman–Crippen LogP) is 1.04. The maximum Gasteiger partial charge on any atom is 0.262 e. The Hall–Kier alpha value is -2.58. The number of unbranched alkanes of at least 4 members (excludes halogenated alkanes) is 3. The number of nitrogens with two attached hydrogens (primary N) is 1. The minimum absolute atomic E-state index is 0.115. The molecule has 0 saturated carbocycles. The van der Waals surface area contributed by atoms with Crippen molar-refractivity contribution in [1.82, 2.24) is 15.1 Å². The van der Waals surface area contributed by atoms with Gasteiger partial charge in [0.2, 0.25) is 11.8 Å². The zero-order chi connectivity index (χ0) is 21.0. The summed E-state index contributed by atoms with van der Waals surface area (Å²) in [6, 6.07) is 4.30. The van der Waals surface area contributed by atoms with Crippen molar-refractivity contribution in [2.24, 2.45) is 5.73 Å². The molecule has 3 N–H and O–H groups in total. The lowest BCUT2D eigenvalue weighted by atomic mass is 10.0. The highest BCUT2D eigenvalue weighted by Gasteiger charge is 2.45. The maximum absolute atomic E-state index is 13.1. The molecule has 2 heterocycles. The van der Waals surface area contributed by atoms with Crippen LogP contribution in [0, 0.1) is 0 Å². The van der Waals surface area contributed by atoms with Crippen molar-refractivity contribution >= 4 is 23.6 Å². The van der Waals surface area contributed by atoms with E-state index in [1.165, 1.54) is 0 Å². The molecule has 0 radical (unpaired) electrons. The first kappa shape index (κ1) is 21.1. The van der Waals surface area contributed by atoms with E-state index in [0.29, 0.717) is 24.2 Å². The van der Waals surface area contributed by atoms with Gasteiger partial charge in [0.15, 0.2) is 0 Å². The van der Waals surface area contributed by atoms with Crippen LogP contribution in [-0.2, 0) is 16.1 Å². The number of benzene rings is 1. The number of rotatable bonds is 9. The number of fused-ring (bicyclic) bond motifs is 1. The molecule has 156 valence electrons. The monoisotopic (exact) mass is 400 g/mol. The second kappa shape index (κ2) is 9.28. The third kappa shape index (κ3) is 4.54. The van der Waals surface area contributed by atoms with Gasteiger partial charge in [-0.15, -0.1) is 0 Å². The van der Waals surface area contributed by atoms with Crippen LogP contribution in [-0.4, -0.2) is 59.6 Å². The van der Waals surface area contributed by atoms with Crippen LogP contribution >= 0.6 is 0 Å². The smallest absolute Gasteiger partial charge is 0.262 e. The van der Waals surface area contributed by atoms with Gasteiger partial charge in [0.05, 0.1) is 11.1 Å². The largest absolute Gasteiger partial charge is 0.330 e. The molecule has 1 saturated heterocycles. The van der Waals surface area contributed by atoms with Gasteiger partial charge in [-0.25, -0.2) is 0 Å². The highest BCUT2D eigenvalue weighted by Crippen LogP contribution is 2.30. The summed E-state index contributed by atoms with van der Waals surface area (Å²) in [4.78, 5) is 52.7. The van der Waals surface area contributed by atoms with Gasteiger partial charge in [-0.2, -0.15) is 0 Å². The Morgan fingerprint density at radius 3 is 2.59 bits per heavy atom. The van der Waals surface area contributed by atoms with Gasteiger partial charge in [-0.3, -0.25) is 29.4 Å². The van der Waals surface area contributed by atoms with Crippen molar-refractivity contribution in [2.45, 2.75) is 51.1 Å². The van der Waals surface area contributed by atoms with E-state index < -0.39 is 23.8 Å². The summed E-state index contributed by atoms with van der Waals surface area (Å²) in [6.45, 7) is 2.14. The second-order valence-electron chi connectivity index (χ2n) is 7.73. The molecule has 2 aliphatic heterocycles. The highest BCUT2D eigenvalue weighted by molar-refractivity contribution is 6.24. The quantitative estimate of drug-likeness (QED) is 0.473. The zero-order valence-electron chi connectivity index (χ0n) is 16.8. The van der Waals surface area contributed by atoms with Crippen LogP contribution < -0.4 is 11.1 Å². The Morgan fingerprint density at radius 1 is 1.10 bits per heavy atom. The van der Waals surface area contributed by atoms with Crippen molar-refractivity contribution in [1.29, 1.82) is 0 Å². The van der Waals surface area contributed by atoms with Gasteiger partial charge < -0.3 is 10.6 Å². The van der Waals surface area contributed by atoms with Gasteiger partial charge in [0, 0.05) is 13.0 Å². The fraction of sp³-hybridized carbons (Fsp3) is 0.524. The van der Waals surface area contributed by atoms with E-state index in [2.05, 4.69) is 10.2 Å². The van der Waals surface area contributed by atoms with Crippen LogP contribution in [0.1, 0.15) is 64.8 Å². The van der Waals surface area contributed by atoms with E-state index in [-0.39, 0.29) is 18.7 Å². The van der Waals surface area contributed by atoms with Crippen molar-refractivity contribution in [3.63, 3.8) is 0 Å². The average Bonchev–Trinajstić information content (AvgIpc) is 2.93. The molecular weight excluding hydrogens is 372 g/mol. The Balaban J connectivity index is 1.71. The van der Waals surface area contributed by atoms with Gasteiger partial charge >= 0.3 is 0 Å². The first-order chi connectivity index (χ1) is 13.9. The normalized spacial score (nSPS) is 19.1. The molecule has 1 aromatic carbocycles. The number of hydrogen-bond acceptors (Lipinski definition) is 6. The van der Waals surface area contributed by atoms with E-state index in [9.17, 15) is 19.2 Å². The van der Waals surface area contributed by atoms with Crippen molar-refractivity contribution in [3.8, 4) is 0 Å². The first-order valence-corrected chi connectivity index (χ1v) is 10.2. The van der Waals surface area contributed by atoms with E-state index in [1.54, 1.807) is 12.1 Å². The summed E-state index contributed by atoms with van der Waals surface area (Å²) in [5.41, 5.74) is 6.99. The molecule has 0 aliphatic carbocycles. The van der Waals surface area contributed by atoms with Crippen LogP contribution in [0.25, 0.3) is 0 Å². The summed E-state index contributed by atoms with van der Waals surface area (Å²) in [5, 5.41) is 2.22. The third-order valence-corrected chi connectivity index (χ3v) is 5.49. The molecule has 0 bridgehead atoms. The van der Waals surface area contributed by atoms with Crippen molar-refractivity contribution in [2.75, 3.05) is 20.1 Å². The molecule has 0 aromatic heterocycles. The molecule has 1 atom stereocenters. The van der Waals surface area contributed by atoms with Crippen LogP contribution in [0.5, 0.6) is 0 Å². The first-order valence-electron chi connectivity index (χ1n) is 10.2. The number of carbonyl (C=O) groups is 4. The van der Waals surface area contributed by atoms with Gasteiger partial charge in [0.1, 0.15) is 6.04 Å². The predicted molar refractivity (Wildman–Crippen MR) is 107 cm³/mol. The fourth-order valence-corrected chi connectivity index (χ4v) is 3.97. The van der Waals surface area contributed by atoms with E-state index >= 15 is 0 Å². The molecule has 8 nitrogen and oxygen atoms in total. The Bertz CT molecular complexity index is 823. The Kier molecular flexibility index (Phi) is 6.76. The van der Waals surface area contributed by atoms with Crippen LogP contribution in [0.4, 0.5) is 0 Å². The lowest BCUT2D eigenvalue weighted by Crippen LogP contribution is -2.54. The summed E-state index contributed by atoms with van der Waals surface area (Å²) in [6.07, 6.45) is 4.56. The van der Waals surface area contributed by atoms with Crippen molar-refractivity contribution in [3.05, 3.63) is 34.9 Å². The van der Waals surface area contributed by atoms with E-state index in [1.807, 2.05) is 13.1 Å². The second-order valence-corrected chi connectivity index (χ2v) is 7.73. The molecule has 3 rings (SSSR count). The summed E-state index contributed by atoms with van der Waals surface area (Å²) >= 11 is 0. The number of carbonyl (C=O) groups excluding carboxylic acids is 4. The molecule has 4 amide bonds. The number of nitrogens with zero attached hydrogens (tertiary/aromatic N) is 2. The number of imide groups is 2. The standard InChI is InChI=1S/C21H28N4O4/c1-24(12-5-3-2-4-11-22)13-14-7-6-8-15-18(14)21(29)25(20(15)28)16-9-10-17(26)23-19(16)27/h6-8,16H,2-5,9-13,22H2,1H3,(H,23,26,27). The van der Waals surface area contributed by atoms with Gasteiger partial charge in [-0.05, 0) is 51.0 Å². The number of hydrogen-bond donors (Lipinski definition) is 2. The molecule has 1 unspecified atom stereocenters. The highest BCUT2D eigenvalue weighted by atomic mass is 16.2. The molecule has 1 fully saturated rings. The molecule has 0 spiro atoms. The Morgan fingerprint density at radius 2 is 1.86 bits per heavy atom. The van der Waals surface area contributed by atoms with E-state index in [0.717, 1.165) is 42.7 Å². The fourth-order valence-electron chi connectivity index (χ4n) is 3.97. The lowest BCUT2D eigenvalue weighted by molar-refractivity contribution is -0.136. The molecule has 2 aliphatic rings. The summed E-state index contributed by atoms with van der Waals surface area (Å²) in [7, 11) is 1.99. The zero-order valence-corrected chi connectivity index (χ0v) is 16.8. The minimum Gasteiger partial charge on any atom is -0.330 e. The third-order valence-electron chi connectivity index (χ3n) is 5.49. The topological polar surface area (TPSA) is 113 Å². The summed E-state index contributed by atoms with van der Waals surface area (Å²) < 4.78 is 0. The van der Waals surface area contributed by atoms with Crippen LogP contribution in [0.2, 0.25) is 0 Å². The number of nitrogens with one attached hydrogen (secondary N) is 1. The van der Waals surface area contributed by atoms with Gasteiger partial charge in [-0.1, -0.05) is 25.0 Å². The number of piperidine rings is 1. The molecule has 29 heavy (non-hydrogen) atoms. The number of amides is 4. The SMILES string of the molecule is CN(CCCCCCN)Cc1cccc2c1C(=O)N(C1CCC(=O)NC1=O)C2=O. The summed E-state index contributed by atoms with van der Waals surface area (Å²) in [5.74, 6) is -1.89. The maximum atomic E-state index is 13.1. The minimum atomic E-state index is -0.937. The van der Waals surface area contributed by atoms with Crippen LogP contribution in [0.3, 0.4) is 0 Å². The molecule has 1 aromatic rings. The van der Waals surface area contributed by atoms with E-state index in [4.69, 9.17) is 5.73 Å². The molecular formula is C21H28N4O4. The molecule has 8 heteroatoms. The van der Waals surface area contributed by atoms with Gasteiger partial charge in [0.25, 0.3) is 11.8 Å².